The fraction of sp³-hybridized carbons (Fsp3) is 0.333. The first-order valence-corrected chi connectivity index (χ1v) is 8.52. The maximum absolute atomic E-state index is 12.3. The van der Waals surface area contributed by atoms with Gasteiger partial charge in [0, 0.05) is 36.9 Å². The van der Waals surface area contributed by atoms with Crippen LogP contribution >= 0.6 is 0 Å². The van der Waals surface area contributed by atoms with Crippen molar-refractivity contribution in [1.82, 2.24) is 15.3 Å². The van der Waals surface area contributed by atoms with Gasteiger partial charge in [-0.05, 0) is 25.1 Å². The Bertz CT molecular complexity index is 874. The summed E-state index contributed by atoms with van der Waals surface area (Å²) in [5, 5.41) is 5.12. The van der Waals surface area contributed by atoms with Crippen molar-refractivity contribution in [3.63, 3.8) is 0 Å². The molecule has 0 aliphatic heterocycles. The summed E-state index contributed by atoms with van der Waals surface area (Å²) in [5.74, 6) is -0.724. The van der Waals surface area contributed by atoms with Gasteiger partial charge >= 0.3 is 6.18 Å². The molecule has 0 bridgehead atoms. The monoisotopic (exact) mass is 412 g/mol. The number of amides is 2. The lowest BCUT2D eigenvalue weighted by Crippen LogP contribution is -2.24. The Labute approximate surface area is 164 Å². The molecule has 0 saturated carbocycles. The minimum absolute atomic E-state index is 0.0124. The highest BCUT2D eigenvalue weighted by atomic mass is 19.4. The first kappa shape index (κ1) is 21.9. The first-order chi connectivity index (χ1) is 13.7. The molecule has 2 heterocycles. The topological polar surface area (TPSA) is 102 Å². The van der Waals surface area contributed by atoms with Gasteiger partial charge in [0.05, 0.1) is 6.61 Å². The van der Waals surface area contributed by atoms with E-state index in [2.05, 4.69) is 25.3 Å². The molecule has 0 saturated heterocycles. The standard InChI is InChI=1S/C18H19F3N4O4/c1-3-28-17-13(4-5-15(25-17)29-10-18(19,20)21)9-23-16(27)12-6-7-22-14(8-12)24-11(2)26/h4-8H,3,9-10H2,1-2H3,(H,23,27)(H,22,24,26). The molecule has 2 aromatic rings. The summed E-state index contributed by atoms with van der Waals surface area (Å²) >= 11 is 0. The van der Waals surface area contributed by atoms with Crippen LogP contribution in [0.3, 0.4) is 0 Å². The number of nitrogens with zero attached hydrogens (tertiary/aromatic N) is 2. The van der Waals surface area contributed by atoms with Crippen LogP contribution in [0.1, 0.15) is 29.8 Å². The van der Waals surface area contributed by atoms with Gasteiger partial charge in [0.1, 0.15) is 5.82 Å². The average Bonchev–Trinajstić information content (AvgIpc) is 2.64. The van der Waals surface area contributed by atoms with E-state index in [1.807, 2.05) is 0 Å². The highest BCUT2D eigenvalue weighted by molar-refractivity contribution is 5.96. The van der Waals surface area contributed by atoms with E-state index >= 15 is 0 Å². The van der Waals surface area contributed by atoms with Crippen LogP contribution in [-0.4, -0.2) is 41.2 Å². The summed E-state index contributed by atoms with van der Waals surface area (Å²) in [7, 11) is 0. The van der Waals surface area contributed by atoms with Gasteiger partial charge in [0.2, 0.25) is 17.7 Å². The van der Waals surface area contributed by atoms with E-state index < -0.39 is 18.7 Å². The zero-order chi connectivity index (χ0) is 21.4. The van der Waals surface area contributed by atoms with Gasteiger partial charge in [-0.25, -0.2) is 4.98 Å². The summed E-state index contributed by atoms with van der Waals surface area (Å²) in [6.07, 6.45) is -3.11. The fourth-order valence-electron chi connectivity index (χ4n) is 2.18. The second-order valence-electron chi connectivity index (χ2n) is 5.74. The molecule has 0 atom stereocenters. The Hall–Kier alpha value is -3.37. The van der Waals surface area contributed by atoms with E-state index in [0.29, 0.717) is 5.56 Å². The average molecular weight is 412 g/mol. The van der Waals surface area contributed by atoms with Gasteiger partial charge in [0.15, 0.2) is 6.61 Å². The second kappa shape index (κ2) is 9.71. The number of hydrogen-bond acceptors (Lipinski definition) is 6. The van der Waals surface area contributed by atoms with Crippen molar-refractivity contribution < 1.29 is 32.2 Å². The van der Waals surface area contributed by atoms with Crippen LogP contribution in [0.25, 0.3) is 0 Å². The van der Waals surface area contributed by atoms with Crippen LogP contribution in [0.2, 0.25) is 0 Å². The number of nitrogens with one attached hydrogen (secondary N) is 2. The van der Waals surface area contributed by atoms with Gasteiger partial charge in [-0.15, -0.1) is 0 Å². The van der Waals surface area contributed by atoms with E-state index in [-0.39, 0.29) is 42.2 Å². The van der Waals surface area contributed by atoms with Crippen LogP contribution in [0.4, 0.5) is 19.0 Å². The van der Waals surface area contributed by atoms with E-state index in [4.69, 9.17) is 4.74 Å². The van der Waals surface area contributed by atoms with Crippen LogP contribution in [-0.2, 0) is 11.3 Å². The number of carbonyl (C=O) groups is 2. The molecule has 156 valence electrons. The number of ether oxygens (including phenoxy) is 2. The van der Waals surface area contributed by atoms with Crippen molar-refractivity contribution in [3.05, 3.63) is 41.6 Å². The van der Waals surface area contributed by atoms with Crippen LogP contribution in [0.5, 0.6) is 11.8 Å². The number of anilines is 1. The molecule has 2 amide bonds. The lowest BCUT2D eigenvalue weighted by Gasteiger charge is -2.13. The van der Waals surface area contributed by atoms with Gasteiger partial charge in [-0.2, -0.15) is 18.2 Å². The first-order valence-electron chi connectivity index (χ1n) is 8.52. The van der Waals surface area contributed by atoms with Crippen molar-refractivity contribution in [2.75, 3.05) is 18.5 Å². The van der Waals surface area contributed by atoms with Gasteiger partial charge in [-0.3, -0.25) is 9.59 Å². The molecular formula is C18H19F3N4O4. The highest BCUT2D eigenvalue weighted by Crippen LogP contribution is 2.22. The zero-order valence-electron chi connectivity index (χ0n) is 15.7. The van der Waals surface area contributed by atoms with Crippen molar-refractivity contribution in [2.45, 2.75) is 26.6 Å². The predicted octanol–water partition coefficient (Wildman–Crippen LogP) is 2.70. The Kier molecular flexibility index (Phi) is 7.34. The van der Waals surface area contributed by atoms with Gasteiger partial charge < -0.3 is 20.1 Å². The molecule has 0 aliphatic rings. The van der Waals surface area contributed by atoms with E-state index in [0.717, 1.165) is 0 Å². The number of aromatic nitrogens is 2. The minimum atomic E-state index is -4.49. The SMILES string of the molecule is CCOc1nc(OCC(F)(F)F)ccc1CNC(=O)c1ccnc(NC(C)=O)c1. The van der Waals surface area contributed by atoms with E-state index in [1.165, 1.54) is 37.4 Å². The maximum Gasteiger partial charge on any atom is 0.422 e. The molecule has 0 aliphatic carbocycles. The summed E-state index contributed by atoms with van der Waals surface area (Å²) in [5.41, 5.74) is 0.718. The quantitative estimate of drug-likeness (QED) is 0.691. The minimum Gasteiger partial charge on any atom is -0.478 e. The second-order valence-corrected chi connectivity index (χ2v) is 5.74. The number of pyridine rings is 2. The Morgan fingerprint density at radius 1 is 1.17 bits per heavy atom. The molecular weight excluding hydrogens is 393 g/mol. The molecule has 0 radical (unpaired) electrons. The smallest absolute Gasteiger partial charge is 0.422 e. The van der Waals surface area contributed by atoms with Crippen molar-refractivity contribution in [1.29, 1.82) is 0 Å². The molecule has 2 N–H and O–H groups in total. The number of halogens is 3. The highest BCUT2D eigenvalue weighted by Gasteiger charge is 2.28. The summed E-state index contributed by atoms with van der Waals surface area (Å²) in [6, 6.07) is 5.60. The molecule has 0 spiro atoms. The zero-order valence-corrected chi connectivity index (χ0v) is 15.7. The number of hydrogen-bond donors (Lipinski definition) is 2. The van der Waals surface area contributed by atoms with Crippen molar-refractivity contribution in [2.24, 2.45) is 0 Å². The van der Waals surface area contributed by atoms with Crippen molar-refractivity contribution in [3.8, 4) is 11.8 Å². The number of carbonyl (C=O) groups excluding carboxylic acids is 2. The third-order valence-electron chi connectivity index (χ3n) is 3.34. The fourth-order valence-corrected chi connectivity index (χ4v) is 2.18. The lowest BCUT2D eigenvalue weighted by molar-refractivity contribution is -0.154. The number of alkyl halides is 3. The Balaban J connectivity index is 2.07. The molecule has 2 aromatic heterocycles. The van der Waals surface area contributed by atoms with E-state index in [1.54, 1.807) is 6.92 Å². The van der Waals surface area contributed by atoms with Crippen LogP contribution in [0, 0.1) is 0 Å². The molecule has 8 nitrogen and oxygen atoms in total. The summed E-state index contributed by atoms with van der Waals surface area (Å²) in [6.45, 7) is 1.77. The Morgan fingerprint density at radius 3 is 2.59 bits per heavy atom. The molecule has 2 rings (SSSR count). The maximum atomic E-state index is 12.3. The molecule has 0 aromatic carbocycles. The Morgan fingerprint density at radius 2 is 1.93 bits per heavy atom. The molecule has 0 fully saturated rings. The third kappa shape index (κ3) is 7.28. The van der Waals surface area contributed by atoms with Crippen LogP contribution in [0.15, 0.2) is 30.5 Å². The van der Waals surface area contributed by atoms with E-state index in [9.17, 15) is 22.8 Å². The molecule has 0 unspecified atom stereocenters. The van der Waals surface area contributed by atoms with Gasteiger partial charge in [0.25, 0.3) is 5.91 Å². The molecule has 11 heteroatoms. The molecule has 29 heavy (non-hydrogen) atoms. The van der Waals surface area contributed by atoms with Gasteiger partial charge in [-0.1, -0.05) is 0 Å². The predicted molar refractivity (Wildman–Crippen MR) is 96.7 cm³/mol. The normalized spacial score (nSPS) is 10.9. The summed E-state index contributed by atoms with van der Waals surface area (Å²) in [4.78, 5) is 31.3. The van der Waals surface area contributed by atoms with Crippen LogP contribution < -0.4 is 20.1 Å². The summed E-state index contributed by atoms with van der Waals surface area (Å²) < 4.78 is 46.8. The lowest BCUT2D eigenvalue weighted by atomic mass is 10.2. The third-order valence-corrected chi connectivity index (χ3v) is 3.34. The number of rotatable bonds is 8. The van der Waals surface area contributed by atoms with Crippen molar-refractivity contribution >= 4 is 17.6 Å². The largest absolute Gasteiger partial charge is 0.478 e.